The maximum atomic E-state index is 13.0. The average Bonchev–Trinajstić information content (AvgIpc) is 3.08. The van der Waals surface area contributed by atoms with Crippen LogP contribution in [0.15, 0.2) is 30.6 Å². The Bertz CT molecular complexity index is 847. The molecule has 2 aromatic rings. The topological polar surface area (TPSA) is 84.7 Å². The predicted molar refractivity (Wildman–Crippen MR) is 94.2 cm³/mol. The Balaban J connectivity index is 1.76. The van der Waals surface area contributed by atoms with E-state index in [-0.39, 0.29) is 18.4 Å². The van der Waals surface area contributed by atoms with Crippen LogP contribution in [-0.2, 0) is 19.1 Å². The van der Waals surface area contributed by atoms with Crippen LogP contribution < -0.4 is 0 Å². The Morgan fingerprint density at radius 2 is 2.04 bits per heavy atom. The molecule has 1 fully saturated rings. The quantitative estimate of drug-likeness (QED) is 0.756. The van der Waals surface area contributed by atoms with E-state index in [1.807, 2.05) is 28.8 Å². The molecule has 1 aliphatic heterocycles. The number of piperazine rings is 1. The van der Waals surface area contributed by atoms with Crippen LogP contribution in [0.1, 0.15) is 19.9 Å². The van der Waals surface area contributed by atoms with E-state index in [1.165, 1.54) is 12.0 Å². The van der Waals surface area contributed by atoms with Gasteiger partial charge in [-0.2, -0.15) is 0 Å². The number of amides is 2. The van der Waals surface area contributed by atoms with Crippen molar-refractivity contribution in [2.24, 2.45) is 0 Å². The molecule has 2 atom stereocenters. The minimum absolute atomic E-state index is 0.0938. The first-order valence-corrected chi connectivity index (χ1v) is 8.51. The molecule has 1 saturated heterocycles. The van der Waals surface area contributed by atoms with E-state index in [1.54, 1.807) is 25.1 Å². The van der Waals surface area contributed by atoms with Gasteiger partial charge < -0.3 is 19.1 Å². The van der Waals surface area contributed by atoms with Crippen LogP contribution in [0, 0.1) is 0 Å². The summed E-state index contributed by atoms with van der Waals surface area (Å²) < 4.78 is 6.43. The first kappa shape index (κ1) is 17.9. The van der Waals surface area contributed by atoms with E-state index in [9.17, 15) is 14.4 Å². The van der Waals surface area contributed by atoms with Crippen LogP contribution in [0.5, 0.6) is 0 Å². The van der Waals surface area contributed by atoms with Crippen LogP contribution in [0.3, 0.4) is 0 Å². The van der Waals surface area contributed by atoms with Gasteiger partial charge in [-0.25, -0.2) is 4.98 Å². The third kappa shape index (κ3) is 3.14. The van der Waals surface area contributed by atoms with Crippen molar-refractivity contribution in [2.45, 2.75) is 25.9 Å². The highest BCUT2D eigenvalue weighted by Gasteiger charge is 2.37. The molecule has 0 radical (unpaired) electrons. The van der Waals surface area contributed by atoms with Crippen molar-refractivity contribution in [3.8, 4) is 0 Å². The molecule has 0 N–H and O–H groups in total. The highest BCUT2D eigenvalue weighted by Crippen LogP contribution is 2.21. The Hall–Kier alpha value is -2.90. The van der Waals surface area contributed by atoms with Gasteiger partial charge in [-0.15, -0.1) is 0 Å². The Morgan fingerprint density at radius 3 is 2.77 bits per heavy atom. The molecule has 1 aromatic heterocycles. The van der Waals surface area contributed by atoms with Crippen molar-refractivity contribution < 1.29 is 19.1 Å². The number of carbonyl (C=O) groups is 3. The van der Waals surface area contributed by atoms with Gasteiger partial charge in [0.25, 0.3) is 0 Å². The summed E-state index contributed by atoms with van der Waals surface area (Å²) >= 11 is 0. The summed E-state index contributed by atoms with van der Waals surface area (Å²) in [6.45, 7) is 4.07. The van der Waals surface area contributed by atoms with Crippen LogP contribution in [-0.4, -0.2) is 69.9 Å². The average molecular weight is 358 g/mol. The number of para-hydroxylation sites is 2. The summed E-state index contributed by atoms with van der Waals surface area (Å²) in [7, 11) is 1.28. The number of imidazole rings is 1. The monoisotopic (exact) mass is 358 g/mol. The highest BCUT2D eigenvalue weighted by molar-refractivity contribution is 5.92. The van der Waals surface area contributed by atoms with E-state index in [0.717, 1.165) is 11.0 Å². The zero-order valence-electron chi connectivity index (χ0n) is 15.1. The van der Waals surface area contributed by atoms with E-state index in [2.05, 4.69) is 9.72 Å². The van der Waals surface area contributed by atoms with E-state index in [0.29, 0.717) is 13.1 Å². The SMILES string of the molecule is COC(=O)CN1CCN(C(=O)[C@@H](C)n2cnc3ccccc32)[C@@H](C)C1=O. The fraction of sp³-hybridized carbons (Fsp3) is 0.444. The molecule has 138 valence electrons. The lowest BCUT2D eigenvalue weighted by Gasteiger charge is -2.39. The molecule has 0 saturated carbocycles. The van der Waals surface area contributed by atoms with Crippen LogP contribution >= 0.6 is 0 Å². The number of aromatic nitrogens is 2. The lowest BCUT2D eigenvalue weighted by Crippen LogP contribution is -2.59. The summed E-state index contributed by atoms with van der Waals surface area (Å²) in [4.78, 5) is 44.3. The van der Waals surface area contributed by atoms with Crippen molar-refractivity contribution in [3.05, 3.63) is 30.6 Å². The molecule has 2 amide bonds. The lowest BCUT2D eigenvalue weighted by molar-refractivity contribution is -0.156. The van der Waals surface area contributed by atoms with E-state index < -0.39 is 18.1 Å². The van der Waals surface area contributed by atoms with E-state index >= 15 is 0 Å². The number of fused-ring (bicyclic) bond motifs is 1. The lowest BCUT2D eigenvalue weighted by atomic mass is 10.1. The van der Waals surface area contributed by atoms with Crippen molar-refractivity contribution >= 4 is 28.8 Å². The fourth-order valence-electron chi connectivity index (χ4n) is 3.25. The number of esters is 1. The van der Waals surface area contributed by atoms with Gasteiger partial charge in [0, 0.05) is 13.1 Å². The fourth-order valence-corrected chi connectivity index (χ4v) is 3.25. The van der Waals surface area contributed by atoms with Gasteiger partial charge in [0.2, 0.25) is 11.8 Å². The van der Waals surface area contributed by atoms with Gasteiger partial charge in [0.15, 0.2) is 0 Å². The molecular formula is C18H22N4O4. The molecule has 3 rings (SSSR count). The highest BCUT2D eigenvalue weighted by atomic mass is 16.5. The summed E-state index contributed by atoms with van der Waals surface area (Å²) in [5.41, 5.74) is 1.69. The Kier molecular flexibility index (Phi) is 4.92. The zero-order chi connectivity index (χ0) is 18.8. The molecule has 1 aromatic carbocycles. The zero-order valence-corrected chi connectivity index (χ0v) is 15.1. The van der Waals surface area contributed by atoms with Gasteiger partial charge in [0.1, 0.15) is 18.6 Å². The summed E-state index contributed by atoms with van der Waals surface area (Å²) in [6, 6.07) is 6.49. The molecule has 0 aliphatic carbocycles. The normalized spacial score (nSPS) is 18.9. The summed E-state index contributed by atoms with van der Waals surface area (Å²) in [6.07, 6.45) is 1.65. The molecule has 0 spiro atoms. The van der Waals surface area contributed by atoms with Crippen LogP contribution in [0.2, 0.25) is 0 Å². The molecule has 8 heteroatoms. The van der Waals surface area contributed by atoms with E-state index in [4.69, 9.17) is 0 Å². The minimum atomic E-state index is -0.627. The standard InChI is InChI=1S/C18H22N4O4/c1-12-17(24)20(10-16(23)26-3)8-9-21(12)18(25)13(2)22-11-19-14-6-4-5-7-15(14)22/h4-7,11-13H,8-10H2,1-3H3/t12-,13+/m0/s1. The first-order chi connectivity index (χ1) is 12.4. The number of rotatable bonds is 4. The Labute approximate surface area is 151 Å². The molecule has 1 aliphatic rings. The van der Waals surface area contributed by atoms with Crippen molar-refractivity contribution in [1.82, 2.24) is 19.4 Å². The second-order valence-corrected chi connectivity index (χ2v) is 6.36. The summed E-state index contributed by atoms with van der Waals surface area (Å²) in [5.74, 6) is -0.868. The second kappa shape index (κ2) is 7.15. The number of ether oxygens (including phenoxy) is 1. The maximum absolute atomic E-state index is 13.0. The van der Waals surface area contributed by atoms with Gasteiger partial charge in [-0.3, -0.25) is 14.4 Å². The molecule has 8 nitrogen and oxygen atoms in total. The third-order valence-electron chi connectivity index (χ3n) is 4.83. The summed E-state index contributed by atoms with van der Waals surface area (Å²) in [5, 5.41) is 0. The van der Waals surface area contributed by atoms with Crippen LogP contribution in [0.4, 0.5) is 0 Å². The maximum Gasteiger partial charge on any atom is 0.325 e. The smallest absolute Gasteiger partial charge is 0.325 e. The van der Waals surface area contributed by atoms with Gasteiger partial charge in [-0.05, 0) is 26.0 Å². The number of hydrogen-bond donors (Lipinski definition) is 0. The number of nitrogens with zero attached hydrogens (tertiary/aromatic N) is 4. The van der Waals surface area contributed by atoms with Gasteiger partial charge in [-0.1, -0.05) is 12.1 Å². The first-order valence-electron chi connectivity index (χ1n) is 8.51. The second-order valence-electron chi connectivity index (χ2n) is 6.36. The number of methoxy groups -OCH3 is 1. The number of carbonyl (C=O) groups excluding carboxylic acids is 3. The largest absolute Gasteiger partial charge is 0.468 e. The predicted octanol–water partition coefficient (Wildman–Crippen LogP) is 0.830. The molecule has 0 unspecified atom stereocenters. The number of hydrogen-bond acceptors (Lipinski definition) is 5. The van der Waals surface area contributed by atoms with Gasteiger partial charge >= 0.3 is 5.97 Å². The molecule has 2 heterocycles. The molecular weight excluding hydrogens is 336 g/mol. The van der Waals surface area contributed by atoms with Crippen molar-refractivity contribution in [2.75, 3.05) is 26.7 Å². The van der Waals surface area contributed by atoms with Crippen molar-refractivity contribution in [1.29, 1.82) is 0 Å². The van der Waals surface area contributed by atoms with Crippen molar-refractivity contribution in [3.63, 3.8) is 0 Å². The molecule has 0 bridgehead atoms. The molecule has 26 heavy (non-hydrogen) atoms. The minimum Gasteiger partial charge on any atom is -0.468 e. The van der Waals surface area contributed by atoms with Gasteiger partial charge in [0.05, 0.1) is 24.5 Å². The van der Waals surface area contributed by atoms with Crippen LogP contribution in [0.25, 0.3) is 11.0 Å². The number of benzene rings is 1. The Morgan fingerprint density at radius 1 is 1.31 bits per heavy atom. The third-order valence-corrected chi connectivity index (χ3v) is 4.83.